The standard InChI is InChI=1S/C17H20BrN3O5/c1-17(2,3)26-16(24)20-13(15(23)25-4)8-21-9-19-12-6-5-10(18)7-11(12)14(21)22/h5-7,9,13H,8H2,1-4H3,(H,20,24). The Balaban J connectivity index is 2.30. The van der Waals surface area contributed by atoms with E-state index in [0.29, 0.717) is 10.9 Å². The van der Waals surface area contributed by atoms with E-state index < -0.39 is 23.7 Å². The van der Waals surface area contributed by atoms with Gasteiger partial charge >= 0.3 is 12.1 Å². The summed E-state index contributed by atoms with van der Waals surface area (Å²) in [6.07, 6.45) is 0.545. The number of aromatic nitrogens is 2. The molecule has 1 aromatic carbocycles. The molecule has 8 nitrogen and oxygen atoms in total. The number of methoxy groups -OCH3 is 1. The van der Waals surface area contributed by atoms with Crippen LogP contribution in [-0.2, 0) is 20.8 Å². The zero-order chi connectivity index (χ0) is 19.5. The van der Waals surface area contributed by atoms with Crippen molar-refractivity contribution in [3.63, 3.8) is 0 Å². The molecule has 0 bridgehead atoms. The van der Waals surface area contributed by atoms with Crippen LogP contribution in [0.1, 0.15) is 20.8 Å². The minimum atomic E-state index is -1.10. The fourth-order valence-electron chi connectivity index (χ4n) is 2.23. The first kappa shape index (κ1) is 19.9. The van der Waals surface area contributed by atoms with Gasteiger partial charge in [0.05, 0.1) is 30.9 Å². The van der Waals surface area contributed by atoms with Crippen LogP contribution in [-0.4, -0.2) is 40.4 Å². The van der Waals surface area contributed by atoms with Crippen LogP contribution >= 0.6 is 15.9 Å². The highest BCUT2D eigenvalue weighted by atomic mass is 79.9. The molecule has 2 rings (SSSR count). The van der Waals surface area contributed by atoms with Crippen LogP contribution in [0.25, 0.3) is 10.9 Å². The van der Waals surface area contributed by atoms with Crippen LogP contribution in [0, 0.1) is 0 Å². The van der Waals surface area contributed by atoms with Gasteiger partial charge in [-0.25, -0.2) is 14.6 Å². The van der Waals surface area contributed by atoms with Gasteiger partial charge in [0.15, 0.2) is 0 Å². The van der Waals surface area contributed by atoms with Crippen LogP contribution in [0.4, 0.5) is 4.79 Å². The second-order valence-corrected chi connectivity index (χ2v) is 7.50. The number of esters is 1. The Labute approximate surface area is 158 Å². The molecule has 0 aliphatic heterocycles. The molecule has 2 aromatic rings. The Bertz CT molecular complexity index is 888. The van der Waals surface area contributed by atoms with Crippen molar-refractivity contribution >= 4 is 38.9 Å². The van der Waals surface area contributed by atoms with Crippen molar-refractivity contribution in [3.05, 3.63) is 39.4 Å². The van der Waals surface area contributed by atoms with Crippen LogP contribution in [0.3, 0.4) is 0 Å². The van der Waals surface area contributed by atoms with E-state index in [1.54, 1.807) is 39.0 Å². The zero-order valence-corrected chi connectivity index (χ0v) is 16.5. The first-order chi connectivity index (χ1) is 12.1. The number of carbonyl (C=O) groups is 2. The van der Waals surface area contributed by atoms with Gasteiger partial charge in [-0.05, 0) is 39.0 Å². The maximum Gasteiger partial charge on any atom is 0.408 e. The zero-order valence-electron chi connectivity index (χ0n) is 14.9. The minimum Gasteiger partial charge on any atom is -0.467 e. The highest BCUT2D eigenvalue weighted by Crippen LogP contribution is 2.15. The smallest absolute Gasteiger partial charge is 0.408 e. The maximum atomic E-state index is 12.6. The van der Waals surface area contributed by atoms with Crippen molar-refractivity contribution in [2.45, 2.75) is 39.0 Å². The fraction of sp³-hybridized carbons (Fsp3) is 0.412. The van der Waals surface area contributed by atoms with Gasteiger partial charge in [0.2, 0.25) is 0 Å². The summed E-state index contributed by atoms with van der Waals surface area (Å²) in [5.41, 5.74) is -0.529. The molecule has 1 amide bonds. The highest BCUT2D eigenvalue weighted by molar-refractivity contribution is 9.10. The van der Waals surface area contributed by atoms with E-state index in [9.17, 15) is 14.4 Å². The number of benzene rings is 1. The summed E-state index contributed by atoms with van der Waals surface area (Å²) < 4.78 is 11.8. The van der Waals surface area contributed by atoms with E-state index in [-0.39, 0.29) is 12.1 Å². The van der Waals surface area contributed by atoms with Crippen molar-refractivity contribution in [2.24, 2.45) is 0 Å². The molecule has 0 radical (unpaired) electrons. The Morgan fingerprint density at radius 2 is 2.04 bits per heavy atom. The molecule has 0 saturated carbocycles. The fourth-order valence-corrected chi connectivity index (χ4v) is 2.59. The van der Waals surface area contributed by atoms with Crippen molar-refractivity contribution in [1.29, 1.82) is 0 Å². The second kappa shape index (κ2) is 7.86. The predicted octanol–water partition coefficient (Wildman–Crippen LogP) is 2.23. The van der Waals surface area contributed by atoms with Gasteiger partial charge in [-0.3, -0.25) is 9.36 Å². The van der Waals surface area contributed by atoms with E-state index in [0.717, 1.165) is 4.47 Å². The van der Waals surface area contributed by atoms with Gasteiger partial charge in [0.1, 0.15) is 11.6 Å². The number of carbonyl (C=O) groups excluding carboxylic acids is 2. The third kappa shape index (κ3) is 5.04. The van der Waals surface area contributed by atoms with E-state index in [1.165, 1.54) is 18.0 Å². The number of amides is 1. The average Bonchev–Trinajstić information content (AvgIpc) is 2.54. The van der Waals surface area contributed by atoms with Gasteiger partial charge in [-0.15, -0.1) is 0 Å². The first-order valence-corrected chi connectivity index (χ1v) is 8.62. The Morgan fingerprint density at radius 1 is 1.35 bits per heavy atom. The molecule has 1 aromatic heterocycles. The number of nitrogens with zero attached hydrogens (tertiary/aromatic N) is 2. The number of rotatable bonds is 4. The van der Waals surface area contributed by atoms with Crippen molar-refractivity contribution in [2.75, 3.05) is 7.11 Å². The minimum absolute atomic E-state index is 0.139. The Hall–Kier alpha value is -2.42. The number of hydrogen-bond acceptors (Lipinski definition) is 6. The van der Waals surface area contributed by atoms with Crippen LogP contribution in [0.5, 0.6) is 0 Å². The number of halogens is 1. The van der Waals surface area contributed by atoms with Gasteiger partial charge in [0.25, 0.3) is 5.56 Å². The SMILES string of the molecule is COC(=O)C(Cn1cnc2ccc(Br)cc2c1=O)NC(=O)OC(C)(C)C. The van der Waals surface area contributed by atoms with Gasteiger partial charge in [0, 0.05) is 4.47 Å². The lowest BCUT2D eigenvalue weighted by Gasteiger charge is -2.23. The van der Waals surface area contributed by atoms with E-state index in [2.05, 4.69) is 26.2 Å². The lowest BCUT2D eigenvalue weighted by molar-refractivity contribution is -0.143. The summed E-state index contributed by atoms with van der Waals surface area (Å²) in [7, 11) is 1.20. The quantitative estimate of drug-likeness (QED) is 0.753. The van der Waals surface area contributed by atoms with E-state index in [1.807, 2.05) is 0 Å². The van der Waals surface area contributed by atoms with Gasteiger partial charge in [-0.2, -0.15) is 0 Å². The molecule has 1 heterocycles. The summed E-state index contributed by atoms with van der Waals surface area (Å²) in [5.74, 6) is -0.697. The molecule has 0 fully saturated rings. The normalized spacial score (nSPS) is 12.5. The van der Waals surface area contributed by atoms with Gasteiger partial charge < -0.3 is 14.8 Å². The number of nitrogens with one attached hydrogen (secondary N) is 1. The van der Waals surface area contributed by atoms with Crippen molar-refractivity contribution in [3.8, 4) is 0 Å². The molecule has 9 heteroatoms. The number of alkyl carbamates (subject to hydrolysis) is 1. The highest BCUT2D eigenvalue weighted by Gasteiger charge is 2.26. The maximum absolute atomic E-state index is 12.6. The summed E-state index contributed by atoms with van der Waals surface area (Å²) in [4.78, 5) is 40.8. The number of fused-ring (bicyclic) bond motifs is 1. The molecular formula is C17H20BrN3O5. The molecule has 1 unspecified atom stereocenters. The van der Waals surface area contributed by atoms with Crippen molar-refractivity contribution in [1.82, 2.24) is 14.9 Å². The molecule has 1 atom stereocenters. The van der Waals surface area contributed by atoms with Crippen LogP contribution in [0.2, 0.25) is 0 Å². The number of ether oxygens (including phenoxy) is 2. The molecule has 0 aliphatic carbocycles. The monoisotopic (exact) mass is 425 g/mol. The Morgan fingerprint density at radius 3 is 2.65 bits per heavy atom. The largest absolute Gasteiger partial charge is 0.467 e. The van der Waals surface area contributed by atoms with E-state index >= 15 is 0 Å². The summed E-state index contributed by atoms with van der Waals surface area (Å²) in [6.45, 7) is 4.97. The van der Waals surface area contributed by atoms with Gasteiger partial charge in [-0.1, -0.05) is 15.9 Å². The Kier molecular flexibility index (Phi) is 6.01. The average molecular weight is 426 g/mol. The molecule has 140 valence electrons. The molecule has 0 saturated heterocycles. The predicted molar refractivity (Wildman–Crippen MR) is 98.9 cm³/mol. The first-order valence-electron chi connectivity index (χ1n) is 7.83. The molecule has 0 aliphatic rings. The van der Waals surface area contributed by atoms with Crippen molar-refractivity contribution < 1.29 is 19.1 Å². The molecule has 0 spiro atoms. The molecule has 1 N–H and O–H groups in total. The summed E-state index contributed by atoms with van der Waals surface area (Å²) >= 11 is 3.31. The molecular weight excluding hydrogens is 406 g/mol. The lowest BCUT2D eigenvalue weighted by atomic mass is 10.2. The second-order valence-electron chi connectivity index (χ2n) is 6.59. The topological polar surface area (TPSA) is 99.5 Å². The third-order valence-corrected chi connectivity index (χ3v) is 3.84. The lowest BCUT2D eigenvalue weighted by Crippen LogP contribution is -2.47. The number of hydrogen-bond donors (Lipinski definition) is 1. The van der Waals surface area contributed by atoms with E-state index in [4.69, 9.17) is 9.47 Å². The summed E-state index contributed by atoms with van der Waals surface area (Å²) in [6, 6.07) is 4.04. The molecule has 26 heavy (non-hydrogen) atoms. The third-order valence-electron chi connectivity index (χ3n) is 3.34. The summed E-state index contributed by atoms with van der Waals surface area (Å²) in [5, 5.41) is 2.82. The van der Waals surface area contributed by atoms with Crippen LogP contribution in [0.15, 0.2) is 33.8 Å². The van der Waals surface area contributed by atoms with Crippen LogP contribution < -0.4 is 10.9 Å².